The van der Waals surface area contributed by atoms with Gasteiger partial charge < -0.3 is 15.0 Å². The second kappa shape index (κ2) is 4.74. The van der Waals surface area contributed by atoms with Crippen LogP contribution in [-0.2, 0) is 10.3 Å². The fraction of sp³-hybridized carbons (Fsp3) is 0.375. The summed E-state index contributed by atoms with van der Waals surface area (Å²) in [5, 5.41) is 12.6. The average molecular weight is 299 g/mol. The second-order valence-electron chi connectivity index (χ2n) is 5.89. The zero-order chi connectivity index (χ0) is 15.2. The number of nitrogens with zero attached hydrogens (tertiary/aromatic N) is 2. The van der Waals surface area contributed by atoms with Crippen LogP contribution >= 0.6 is 12.2 Å². The van der Waals surface area contributed by atoms with Gasteiger partial charge in [0.05, 0.1) is 6.04 Å². The monoisotopic (exact) mass is 299 g/mol. The van der Waals surface area contributed by atoms with Crippen molar-refractivity contribution in [2.75, 3.05) is 12.4 Å². The molecule has 0 saturated carbocycles. The number of ether oxygens (including phenoxy) is 1. The van der Waals surface area contributed by atoms with Crippen LogP contribution in [-0.4, -0.2) is 17.1 Å². The van der Waals surface area contributed by atoms with Crippen LogP contribution in [0.4, 0.5) is 5.69 Å². The van der Waals surface area contributed by atoms with Crippen LogP contribution in [0.25, 0.3) is 0 Å². The molecule has 1 atom stereocenters. The van der Waals surface area contributed by atoms with Gasteiger partial charge in [-0.1, -0.05) is 6.07 Å². The lowest BCUT2D eigenvalue weighted by Gasteiger charge is -2.35. The van der Waals surface area contributed by atoms with E-state index in [2.05, 4.69) is 23.5 Å². The highest BCUT2D eigenvalue weighted by Gasteiger charge is 2.33. The van der Waals surface area contributed by atoms with E-state index in [1.54, 1.807) is 0 Å². The number of nitrogens with one attached hydrogen (secondary N) is 1. The summed E-state index contributed by atoms with van der Waals surface area (Å²) < 4.78 is 5.73. The number of thiocarbonyl (C=S) groups is 1. The van der Waals surface area contributed by atoms with E-state index in [-0.39, 0.29) is 6.04 Å². The van der Waals surface area contributed by atoms with Gasteiger partial charge in [0.1, 0.15) is 17.4 Å². The molecule has 0 spiro atoms. The first-order valence-electron chi connectivity index (χ1n) is 6.90. The van der Waals surface area contributed by atoms with Gasteiger partial charge in [0.15, 0.2) is 0 Å². The van der Waals surface area contributed by atoms with Crippen molar-refractivity contribution in [1.82, 2.24) is 4.90 Å². The zero-order valence-electron chi connectivity index (χ0n) is 12.3. The van der Waals surface area contributed by atoms with Crippen molar-refractivity contribution in [3.05, 3.63) is 41.1 Å². The minimum atomic E-state index is -0.448. The molecule has 1 N–H and O–H groups in total. The first-order valence-corrected chi connectivity index (χ1v) is 7.31. The van der Waals surface area contributed by atoms with Crippen LogP contribution in [0, 0.1) is 11.3 Å². The third kappa shape index (κ3) is 2.26. The Morgan fingerprint density at radius 1 is 1.48 bits per heavy atom. The highest BCUT2D eigenvalue weighted by molar-refractivity contribution is 7.80. The van der Waals surface area contributed by atoms with Crippen molar-refractivity contribution in [3.63, 3.8) is 0 Å². The van der Waals surface area contributed by atoms with Gasteiger partial charge in [-0.25, -0.2) is 0 Å². The van der Waals surface area contributed by atoms with E-state index in [1.165, 1.54) is 5.56 Å². The molecule has 1 unspecified atom stereocenters. The maximum Gasteiger partial charge on any atom is 0.262 e. The number of fused-ring (bicyclic) bond motifs is 1. The summed E-state index contributed by atoms with van der Waals surface area (Å²) in [7, 11) is 1.96. The highest BCUT2D eigenvalue weighted by Crippen LogP contribution is 2.40. The van der Waals surface area contributed by atoms with Crippen molar-refractivity contribution < 1.29 is 4.74 Å². The van der Waals surface area contributed by atoms with E-state index < -0.39 is 5.60 Å². The Morgan fingerprint density at radius 3 is 2.90 bits per heavy atom. The largest absolute Gasteiger partial charge is 0.460 e. The topological polar surface area (TPSA) is 48.3 Å². The number of hydrogen-bond donors (Lipinski definition) is 1. The molecular formula is C16H17N3OS. The van der Waals surface area contributed by atoms with Gasteiger partial charge in [0.25, 0.3) is 5.17 Å². The third-order valence-electron chi connectivity index (χ3n) is 4.16. The molecule has 0 fully saturated rings. The van der Waals surface area contributed by atoms with Gasteiger partial charge in [0.2, 0.25) is 0 Å². The number of benzene rings is 1. The minimum Gasteiger partial charge on any atom is -0.460 e. The Balaban J connectivity index is 1.98. The summed E-state index contributed by atoms with van der Waals surface area (Å²) in [4.78, 5) is 2.02. The molecule has 2 aliphatic heterocycles. The van der Waals surface area contributed by atoms with Gasteiger partial charge in [-0.15, -0.1) is 0 Å². The third-order valence-corrected chi connectivity index (χ3v) is 4.34. The Labute approximate surface area is 130 Å². The van der Waals surface area contributed by atoms with Gasteiger partial charge in [-0.2, -0.15) is 5.26 Å². The molecule has 1 aromatic rings. The highest BCUT2D eigenvalue weighted by atomic mass is 32.1. The molecule has 0 amide bonds. The van der Waals surface area contributed by atoms with Crippen molar-refractivity contribution in [2.45, 2.75) is 31.9 Å². The van der Waals surface area contributed by atoms with Crippen molar-refractivity contribution in [3.8, 4) is 6.07 Å². The van der Waals surface area contributed by atoms with E-state index in [4.69, 9.17) is 22.2 Å². The van der Waals surface area contributed by atoms with Gasteiger partial charge >= 0.3 is 0 Å². The minimum absolute atomic E-state index is 0.203. The molecule has 2 aliphatic rings. The van der Waals surface area contributed by atoms with E-state index in [0.717, 1.165) is 23.4 Å². The predicted molar refractivity (Wildman–Crippen MR) is 85.6 cm³/mol. The van der Waals surface area contributed by atoms with E-state index in [1.807, 2.05) is 37.9 Å². The quantitative estimate of drug-likeness (QED) is 0.805. The molecule has 108 valence electrons. The van der Waals surface area contributed by atoms with Crippen LogP contribution in [0.2, 0.25) is 0 Å². The molecule has 0 radical (unpaired) electrons. The Kier molecular flexibility index (Phi) is 3.14. The van der Waals surface area contributed by atoms with Crippen LogP contribution < -0.4 is 5.32 Å². The molecule has 3 rings (SSSR count). The molecule has 0 saturated heterocycles. The van der Waals surface area contributed by atoms with Crippen LogP contribution in [0.5, 0.6) is 0 Å². The van der Waals surface area contributed by atoms with Crippen LogP contribution in [0.15, 0.2) is 30.0 Å². The summed E-state index contributed by atoms with van der Waals surface area (Å²) in [5.74, 6) is 0. The summed E-state index contributed by atoms with van der Waals surface area (Å²) in [5.41, 5.74) is 3.55. The molecule has 5 heteroatoms. The Bertz CT molecular complexity index is 687. The maximum absolute atomic E-state index is 9.10. The first kappa shape index (κ1) is 13.9. The molecule has 0 bridgehead atoms. The number of nitriles is 1. The second-order valence-corrected chi connectivity index (χ2v) is 6.26. The smallest absolute Gasteiger partial charge is 0.262 e. The molecule has 4 nitrogen and oxygen atoms in total. The summed E-state index contributed by atoms with van der Waals surface area (Å²) in [6.45, 7) is 4.03. The lowest BCUT2D eigenvalue weighted by Crippen LogP contribution is -2.34. The van der Waals surface area contributed by atoms with Crippen molar-refractivity contribution >= 4 is 23.1 Å². The number of allylic oxidation sites excluding steroid dienone is 1. The molecule has 0 aliphatic carbocycles. The zero-order valence-corrected chi connectivity index (χ0v) is 13.1. The molecular weight excluding hydrogens is 282 g/mol. The number of rotatable bonds is 1. The normalized spacial score (nSPS) is 22.8. The van der Waals surface area contributed by atoms with Gasteiger partial charge in [-0.05, 0) is 56.3 Å². The van der Waals surface area contributed by atoms with Gasteiger partial charge in [-0.3, -0.25) is 0 Å². The standard InChI is InChI=1S/C16H17N3OS/c1-16(2)12-8-10(4-6-13(12)18-15(21)20-16)14-7-5-11(9-17)19(14)3/h4-6,8,14H,7H2,1-3H3,(H,18,21). The summed E-state index contributed by atoms with van der Waals surface area (Å²) >= 11 is 5.13. The average Bonchev–Trinajstić information content (AvgIpc) is 2.78. The van der Waals surface area contributed by atoms with E-state index >= 15 is 0 Å². The Morgan fingerprint density at radius 2 is 2.24 bits per heavy atom. The molecule has 21 heavy (non-hydrogen) atoms. The lowest BCUT2D eigenvalue weighted by atomic mass is 9.91. The molecule has 1 aromatic carbocycles. The predicted octanol–water partition coefficient (Wildman–Crippen LogP) is 3.43. The van der Waals surface area contributed by atoms with Crippen molar-refractivity contribution in [2.24, 2.45) is 0 Å². The SMILES string of the molecule is CN1C(C#N)=CCC1c1ccc2c(c1)C(C)(C)OC(=S)N2. The fourth-order valence-electron chi connectivity index (χ4n) is 2.98. The van der Waals surface area contributed by atoms with Crippen LogP contribution in [0.3, 0.4) is 0 Å². The van der Waals surface area contributed by atoms with E-state index in [9.17, 15) is 0 Å². The number of anilines is 1. The molecule has 0 aromatic heterocycles. The first-order chi connectivity index (χ1) is 9.92. The fourth-order valence-corrected chi connectivity index (χ4v) is 3.29. The lowest BCUT2D eigenvalue weighted by molar-refractivity contribution is 0.0945. The van der Waals surface area contributed by atoms with Crippen molar-refractivity contribution in [1.29, 1.82) is 5.26 Å². The Hall–Kier alpha value is -2.06. The summed E-state index contributed by atoms with van der Waals surface area (Å²) in [6, 6.07) is 8.72. The molecule has 2 heterocycles. The van der Waals surface area contributed by atoms with E-state index in [0.29, 0.717) is 5.17 Å². The summed E-state index contributed by atoms with van der Waals surface area (Å²) in [6.07, 6.45) is 2.84. The van der Waals surface area contributed by atoms with Crippen LogP contribution in [0.1, 0.15) is 37.4 Å². The maximum atomic E-state index is 9.10. The number of hydrogen-bond acceptors (Lipinski definition) is 4. The van der Waals surface area contributed by atoms with Gasteiger partial charge in [0, 0.05) is 18.3 Å².